The summed E-state index contributed by atoms with van der Waals surface area (Å²) in [6.07, 6.45) is 1.60. The molecule has 1 amide bonds. The number of anilines is 1. The zero-order valence-corrected chi connectivity index (χ0v) is 24.3. The number of nitrogens with zero attached hydrogens (tertiary/aromatic N) is 4. The minimum Gasteiger partial charge on any atom is -0.496 e. The first-order valence-corrected chi connectivity index (χ1v) is 14.2. The first-order valence-electron chi connectivity index (χ1n) is 14.2. The van der Waals surface area contributed by atoms with Crippen molar-refractivity contribution in [1.29, 1.82) is 0 Å². The van der Waals surface area contributed by atoms with E-state index in [0.29, 0.717) is 33.7 Å². The van der Waals surface area contributed by atoms with Crippen LogP contribution >= 0.6 is 0 Å². The van der Waals surface area contributed by atoms with Crippen molar-refractivity contribution in [3.8, 4) is 17.3 Å². The second kappa shape index (κ2) is 11.2. The summed E-state index contributed by atoms with van der Waals surface area (Å²) in [5.74, 6) is 0.455. The normalized spacial score (nSPS) is 11.6. The number of methoxy groups -OCH3 is 1. The molecule has 0 spiro atoms. The molecule has 10 heteroatoms. The Bertz CT molecular complexity index is 2350. The summed E-state index contributed by atoms with van der Waals surface area (Å²) in [6.45, 7) is 1.87. The molecule has 0 fully saturated rings. The van der Waals surface area contributed by atoms with E-state index in [1.54, 1.807) is 43.7 Å². The van der Waals surface area contributed by atoms with Crippen molar-refractivity contribution >= 4 is 50.6 Å². The van der Waals surface area contributed by atoms with Gasteiger partial charge in [0, 0.05) is 27.8 Å². The van der Waals surface area contributed by atoms with Crippen molar-refractivity contribution in [2.75, 3.05) is 12.4 Å². The zero-order valence-electron chi connectivity index (χ0n) is 24.3. The van der Waals surface area contributed by atoms with Gasteiger partial charge in [0.2, 0.25) is 11.7 Å². The topological polar surface area (TPSA) is 104 Å². The minimum absolute atomic E-state index is 0.0136. The molecule has 222 valence electrons. The van der Waals surface area contributed by atoms with Crippen LogP contribution in [0.25, 0.3) is 44.4 Å². The molecule has 3 heterocycles. The molecule has 0 bridgehead atoms. The Balaban J connectivity index is 1.33. The fraction of sp³-hybridized carbons (Fsp3) is 0.0857. The minimum atomic E-state index is -0.437. The van der Waals surface area contributed by atoms with Crippen LogP contribution in [0.1, 0.15) is 11.3 Å². The van der Waals surface area contributed by atoms with Gasteiger partial charge in [0.05, 0.1) is 29.6 Å². The van der Waals surface area contributed by atoms with Crippen molar-refractivity contribution in [3.05, 3.63) is 124 Å². The van der Waals surface area contributed by atoms with Gasteiger partial charge < -0.3 is 19.0 Å². The van der Waals surface area contributed by atoms with E-state index in [1.165, 1.54) is 22.9 Å². The second-order valence-corrected chi connectivity index (χ2v) is 10.5. The van der Waals surface area contributed by atoms with Crippen LogP contribution in [0.2, 0.25) is 0 Å². The zero-order chi connectivity index (χ0) is 31.1. The molecule has 0 radical (unpaired) electrons. The molecule has 0 aliphatic rings. The molecule has 1 N–H and O–H groups in total. The fourth-order valence-corrected chi connectivity index (χ4v) is 5.56. The van der Waals surface area contributed by atoms with Gasteiger partial charge in [0.15, 0.2) is 5.76 Å². The van der Waals surface area contributed by atoms with E-state index in [4.69, 9.17) is 14.1 Å². The van der Waals surface area contributed by atoms with E-state index in [1.807, 2.05) is 60.0 Å². The van der Waals surface area contributed by atoms with Crippen LogP contribution < -0.4 is 15.6 Å². The van der Waals surface area contributed by atoms with Crippen LogP contribution in [0.15, 0.2) is 111 Å². The maximum Gasteiger partial charge on any atom is 0.282 e. The lowest BCUT2D eigenvalue weighted by Crippen LogP contribution is -2.20. The molecule has 0 aliphatic carbocycles. The average molecular weight is 600 g/mol. The van der Waals surface area contributed by atoms with Crippen molar-refractivity contribution in [1.82, 2.24) is 14.2 Å². The highest BCUT2D eigenvalue weighted by Gasteiger charge is 2.19. The Hall–Kier alpha value is -6.03. The molecule has 4 aromatic carbocycles. The highest BCUT2D eigenvalue weighted by atomic mass is 19.1. The third-order valence-electron chi connectivity index (χ3n) is 7.71. The maximum absolute atomic E-state index is 13.8. The Labute approximate surface area is 255 Å². The van der Waals surface area contributed by atoms with E-state index in [2.05, 4.69) is 10.4 Å². The number of fused-ring (bicyclic) bond motifs is 3. The van der Waals surface area contributed by atoms with Gasteiger partial charge in [-0.25, -0.2) is 9.37 Å². The molecule has 0 saturated heterocycles. The average Bonchev–Trinajstić information content (AvgIpc) is 3.59. The number of hydrogen-bond donors (Lipinski definition) is 1. The number of hydrogen-bond acceptors (Lipinski definition) is 6. The number of para-hydroxylation sites is 2. The molecule has 0 saturated carbocycles. The predicted molar refractivity (Wildman–Crippen MR) is 172 cm³/mol. The monoisotopic (exact) mass is 599 g/mol. The van der Waals surface area contributed by atoms with Gasteiger partial charge in [-0.2, -0.15) is 9.78 Å². The number of aromatic nitrogens is 3. The highest BCUT2D eigenvalue weighted by molar-refractivity contribution is 6.02. The number of carbonyl (C=O) groups is 1. The summed E-state index contributed by atoms with van der Waals surface area (Å²) >= 11 is 0. The highest BCUT2D eigenvalue weighted by Crippen LogP contribution is 2.33. The number of halogens is 1. The second-order valence-electron chi connectivity index (χ2n) is 10.5. The third kappa shape index (κ3) is 5.02. The van der Waals surface area contributed by atoms with E-state index < -0.39 is 5.82 Å². The van der Waals surface area contributed by atoms with Crippen molar-refractivity contribution in [2.45, 2.75) is 13.5 Å². The van der Waals surface area contributed by atoms with Crippen molar-refractivity contribution in [2.24, 2.45) is 5.10 Å². The first-order chi connectivity index (χ1) is 21.9. The smallest absolute Gasteiger partial charge is 0.282 e. The number of carbonyl (C=O) groups excluding carboxylic acids is 1. The van der Waals surface area contributed by atoms with E-state index >= 15 is 0 Å². The number of benzene rings is 4. The van der Waals surface area contributed by atoms with Gasteiger partial charge in [0.25, 0.3) is 5.56 Å². The standard InChI is InChI=1S/C35H26FN5O4/c1-21-27(24-11-4-6-14-29(24)40(21)20-33(42)38-23-10-7-9-22(36)17-23)19-37-41-34(39-28-13-5-3-12-25(28)35(41)43)32-18-26-30(44-2)15-8-16-31(26)45-32/h3-19H,20H2,1-2H3,(H,38,42). The molecule has 0 unspecified atom stereocenters. The SMILES string of the molecule is COc1cccc2oc(-c3nc4ccccc4c(=O)n3N=Cc3c(C)n(CC(=O)Nc4cccc(F)c4)c4ccccc34)cc12. The van der Waals surface area contributed by atoms with Crippen LogP contribution in [0.5, 0.6) is 5.75 Å². The Morgan fingerprint density at radius 1 is 0.978 bits per heavy atom. The number of ether oxygens (including phenoxy) is 1. The Kier molecular flexibility index (Phi) is 6.94. The van der Waals surface area contributed by atoms with Gasteiger partial charge in [-0.1, -0.05) is 42.5 Å². The number of rotatable bonds is 7. The van der Waals surface area contributed by atoms with Crippen LogP contribution in [0.3, 0.4) is 0 Å². The van der Waals surface area contributed by atoms with Gasteiger partial charge in [-0.3, -0.25) is 9.59 Å². The molecule has 0 atom stereocenters. The maximum atomic E-state index is 13.8. The quantitative estimate of drug-likeness (QED) is 0.204. The molecule has 7 aromatic rings. The number of furan rings is 1. The molecular formula is C35H26FN5O4. The lowest BCUT2D eigenvalue weighted by atomic mass is 10.1. The predicted octanol–water partition coefficient (Wildman–Crippen LogP) is 6.74. The van der Waals surface area contributed by atoms with E-state index in [9.17, 15) is 14.0 Å². The molecule has 45 heavy (non-hydrogen) atoms. The summed E-state index contributed by atoms with van der Waals surface area (Å²) in [5.41, 5.74) is 3.38. The van der Waals surface area contributed by atoms with Crippen LogP contribution in [-0.4, -0.2) is 33.5 Å². The Morgan fingerprint density at radius 3 is 2.58 bits per heavy atom. The van der Waals surface area contributed by atoms with Gasteiger partial charge in [0.1, 0.15) is 23.7 Å². The molecular weight excluding hydrogens is 573 g/mol. The van der Waals surface area contributed by atoms with Crippen LogP contribution in [0.4, 0.5) is 10.1 Å². The van der Waals surface area contributed by atoms with Crippen molar-refractivity contribution < 1.29 is 18.3 Å². The van der Waals surface area contributed by atoms with E-state index in [0.717, 1.165) is 27.5 Å². The largest absolute Gasteiger partial charge is 0.496 e. The lowest BCUT2D eigenvalue weighted by molar-refractivity contribution is -0.116. The third-order valence-corrected chi connectivity index (χ3v) is 7.71. The molecule has 0 aliphatic heterocycles. The van der Waals surface area contributed by atoms with E-state index in [-0.39, 0.29) is 23.8 Å². The summed E-state index contributed by atoms with van der Waals surface area (Å²) < 4.78 is 28.4. The lowest BCUT2D eigenvalue weighted by Gasteiger charge is -2.10. The summed E-state index contributed by atoms with van der Waals surface area (Å²) in [5, 5.41) is 9.40. The van der Waals surface area contributed by atoms with Gasteiger partial charge in [-0.15, -0.1) is 0 Å². The van der Waals surface area contributed by atoms with Gasteiger partial charge in [-0.05, 0) is 61.5 Å². The van der Waals surface area contributed by atoms with Crippen LogP contribution in [-0.2, 0) is 11.3 Å². The summed E-state index contributed by atoms with van der Waals surface area (Å²) in [7, 11) is 1.58. The molecule has 7 rings (SSSR count). The first kappa shape index (κ1) is 27.8. The van der Waals surface area contributed by atoms with Crippen molar-refractivity contribution in [3.63, 3.8) is 0 Å². The summed E-state index contributed by atoms with van der Waals surface area (Å²) in [6, 6.07) is 27.7. The molecule has 3 aromatic heterocycles. The van der Waals surface area contributed by atoms with Gasteiger partial charge >= 0.3 is 0 Å². The Morgan fingerprint density at radius 2 is 1.76 bits per heavy atom. The molecule has 9 nitrogen and oxygen atoms in total. The van der Waals surface area contributed by atoms with Crippen LogP contribution in [0, 0.1) is 12.7 Å². The summed E-state index contributed by atoms with van der Waals surface area (Å²) in [4.78, 5) is 31.6. The fourth-order valence-electron chi connectivity index (χ4n) is 5.56. The number of amides is 1. The number of nitrogens with one attached hydrogen (secondary N) is 1.